The van der Waals surface area contributed by atoms with Crippen LogP contribution in [0.4, 0.5) is 19.3 Å². The first-order chi connectivity index (χ1) is 16.2. The van der Waals surface area contributed by atoms with E-state index in [9.17, 15) is 18.4 Å². The Morgan fingerprint density at radius 3 is 2.32 bits per heavy atom. The number of methoxy groups -OCH3 is 1. The molecule has 0 fully saturated rings. The third-order valence-corrected chi connectivity index (χ3v) is 4.96. The van der Waals surface area contributed by atoms with E-state index < -0.39 is 35.8 Å². The molecule has 0 aliphatic heterocycles. The van der Waals surface area contributed by atoms with Crippen molar-refractivity contribution < 1.29 is 42.9 Å². The molecule has 9 nitrogen and oxygen atoms in total. The average molecular weight is 480 g/mol. The van der Waals surface area contributed by atoms with E-state index in [4.69, 9.17) is 24.5 Å². The predicted molar refractivity (Wildman–Crippen MR) is 117 cm³/mol. The maximum absolute atomic E-state index is 14.0. The van der Waals surface area contributed by atoms with E-state index in [2.05, 4.69) is 5.32 Å². The fraction of sp³-hybridized carbons (Fsp3) is 0.304. The van der Waals surface area contributed by atoms with Crippen LogP contribution in [0.15, 0.2) is 53.6 Å². The zero-order valence-electron chi connectivity index (χ0n) is 18.8. The highest BCUT2D eigenvalue weighted by atomic mass is 19.1. The van der Waals surface area contributed by atoms with Crippen LogP contribution in [0.2, 0.25) is 0 Å². The van der Waals surface area contributed by atoms with Crippen LogP contribution in [-0.4, -0.2) is 48.7 Å². The first-order valence-electron chi connectivity index (χ1n) is 10.1. The Morgan fingerprint density at radius 2 is 1.76 bits per heavy atom. The Kier molecular flexibility index (Phi) is 9.92. The number of rotatable bonds is 10. The molecule has 2 amide bonds. The maximum Gasteiger partial charge on any atom is 0.412 e. The number of ether oxygens (including phenoxy) is 3. The van der Waals surface area contributed by atoms with Gasteiger partial charge in [0, 0.05) is 18.7 Å². The van der Waals surface area contributed by atoms with Gasteiger partial charge >= 0.3 is 6.09 Å². The molecule has 0 aliphatic rings. The molecule has 2 rings (SSSR count). The molecule has 0 spiro atoms. The number of hydrogen-bond donors (Lipinski definition) is 4. The Labute approximate surface area is 194 Å². The molecule has 0 unspecified atom stereocenters. The zero-order valence-corrected chi connectivity index (χ0v) is 18.8. The van der Waals surface area contributed by atoms with Crippen LogP contribution in [0.1, 0.15) is 25.5 Å². The quantitative estimate of drug-likeness (QED) is 0.233. The molecule has 2 aromatic carbocycles. The molecule has 0 aromatic heterocycles. The number of carbonyl (C=O) groups excluding carboxylic acids is 2. The number of aliphatic hydroxyl groups is 1. The average Bonchev–Trinajstić information content (AvgIpc) is 2.83. The standard InChI is InChI=1S/C23H26F2N2O7/c1-13(14(2)22(29)27-31)20(32-3)21(15-4-7-17(8-5-15)33-11-10-28)34-23(30)26-19-9-6-16(24)12-18(19)25/h4-9,12,20-21,28,31H,10-11H2,1-3H3,(H,26,30)(H,27,29)/b14-13+/t20-,21-/m0/s1. The monoisotopic (exact) mass is 480 g/mol. The summed E-state index contributed by atoms with van der Waals surface area (Å²) in [7, 11) is 1.34. The molecular formula is C23H26F2N2O7. The Balaban J connectivity index is 2.39. The van der Waals surface area contributed by atoms with Crippen molar-refractivity contribution in [1.29, 1.82) is 0 Å². The number of hydroxylamine groups is 1. The van der Waals surface area contributed by atoms with Crippen LogP contribution in [0.3, 0.4) is 0 Å². The number of amides is 2. The fourth-order valence-corrected chi connectivity index (χ4v) is 3.07. The Bertz CT molecular complexity index is 1030. The molecule has 184 valence electrons. The molecule has 34 heavy (non-hydrogen) atoms. The largest absolute Gasteiger partial charge is 0.491 e. The van der Waals surface area contributed by atoms with Gasteiger partial charge in [-0.3, -0.25) is 15.3 Å². The van der Waals surface area contributed by atoms with E-state index in [1.165, 1.54) is 19.5 Å². The number of aliphatic hydroxyl groups excluding tert-OH is 1. The van der Waals surface area contributed by atoms with Gasteiger partial charge in [0.05, 0.1) is 12.3 Å². The van der Waals surface area contributed by atoms with E-state index in [0.717, 1.165) is 12.1 Å². The second-order valence-corrected chi connectivity index (χ2v) is 7.12. The third-order valence-electron chi connectivity index (χ3n) is 4.96. The molecule has 2 atom stereocenters. The number of hydrogen-bond acceptors (Lipinski definition) is 7. The molecular weight excluding hydrogens is 454 g/mol. The van der Waals surface area contributed by atoms with Gasteiger partial charge in [0.15, 0.2) is 6.10 Å². The van der Waals surface area contributed by atoms with Gasteiger partial charge in [-0.25, -0.2) is 19.1 Å². The van der Waals surface area contributed by atoms with Crippen molar-refractivity contribution in [3.05, 3.63) is 70.8 Å². The Hall–Kier alpha value is -3.54. The van der Waals surface area contributed by atoms with Gasteiger partial charge in [-0.2, -0.15) is 0 Å². The number of nitrogens with one attached hydrogen (secondary N) is 2. The van der Waals surface area contributed by atoms with E-state index in [1.54, 1.807) is 31.2 Å². The number of halogens is 2. The van der Waals surface area contributed by atoms with Crippen molar-refractivity contribution >= 4 is 17.7 Å². The normalized spacial score (nSPS) is 13.4. The molecule has 11 heteroatoms. The number of benzene rings is 2. The summed E-state index contributed by atoms with van der Waals surface area (Å²) < 4.78 is 43.5. The SMILES string of the molecule is CO[C@@H](/C(C)=C(\C)C(=O)NO)[C@@H](OC(=O)Nc1ccc(F)cc1F)c1ccc(OCCO)cc1. The molecule has 0 saturated carbocycles. The minimum absolute atomic E-state index is 0.0862. The van der Waals surface area contributed by atoms with Crippen LogP contribution in [0.25, 0.3) is 0 Å². The third kappa shape index (κ3) is 6.98. The highest BCUT2D eigenvalue weighted by Gasteiger charge is 2.31. The van der Waals surface area contributed by atoms with Crippen molar-refractivity contribution in [3.8, 4) is 5.75 Å². The van der Waals surface area contributed by atoms with Crippen molar-refractivity contribution in [1.82, 2.24) is 5.48 Å². The minimum Gasteiger partial charge on any atom is -0.491 e. The van der Waals surface area contributed by atoms with Crippen molar-refractivity contribution in [3.63, 3.8) is 0 Å². The minimum atomic E-state index is -1.12. The molecule has 0 saturated heterocycles. The first kappa shape index (κ1) is 26.7. The number of anilines is 1. The molecule has 0 aliphatic carbocycles. The van der Waals surface area contributed by atoms with Gasteiger partial charge in [0.2, 0.25) is 0 Å². The summed E-state index contributed by atoms with van der Waals surface area (Å²) in [6.07, 6.45) is -3.16. The molecule has 2 aromatic rings. The van der Waals surface area contributed by atoms with Crippen LogP contribution >= 0.6 is 0 Å². The van der Waals surface area contributed by atoms with Crippen molar-refractivity contribution in [2.75, 3.05) is 25.6 Å². The first-order valence-corrected chi connectivity index (χ1v) is 10.1. The second-order valence-electron chi connectivity index (χ2n) is 7.12. The smallest absolute Gasteiger partial charge is 0.412 e. The van der Waals surface area contributed by atoms with Crippen molar-refractivity contribution in [2.24, 2.45) is 0 Å². The van der Waals surface area contributed by atoms with Gasteiger partial charge in [-0.05, 0) is 49.2 Å². The van der Waals surface area contributed by atoms with Gasteiger partial charge in [0.25, 0.3) is 5.91 Å². The maximum atomic E-state index is 14.0. The van der Waals surface area contributed by atoms with Crippen LogP contribution in [-0.2, 0) is 14.3 Å². The highest BCUT2D eigenvalue weighted by Crippen LogP contribution is 2.31. The van der Waals surface area contributed by atoms with E-state index in [1.807, 2.05) is 0 Å². The lowest BCUT2D eigenvalue weighted by atomic mass is 9.95. The molecule has 0 heterocycles. The van der Waals surface area contributed by atoms with Gasteiger partial charge in [-0.15, -0.1) is 0 Å². The summed E-state index contributed by atoms with van der Waals surface area (Å²) in [6, 6.07) is 8.97. The highest BCUT2D eigenvalue weighted by molar-refractivity contribution is 5.92. The second kappa shape index (κ2) is 12.6. The summed E-state index contributed by atoms with van der Waals surface area (Å²) in [5, 5.41) is 20.1. The number of carbonyl (C=O) groups is 2. The summed E-state index contributed by atoms with van der Waals surface area (Å²) >= 11 is 0. The zero-order chi connectivity index (χ0) is 25.3. The lowest BCUT2D eigenvalue weighted by molar-refractivity contribution is -0.125. The molecule has 0 bridgehead atoms. The summed E-state index contributed by atoms with van der Waals surface area (Å²) in [5.41, 5.74) is 2.14. The summed E-state index contributed by atoms with van der Waals surface area (Å²) in [4.78, 5) is 24.5. The summed E-state index contributed by atoms with van der Waals surface area (Å²) in [5.74, 6) is -2.13. The molecule has 0 radical (unpaired) electrons. The lowest BCUT2D eigenvalue weighted by Gasteiger charge is -2.28. The van der Waals surface area contributed by atoms with E-state index in [-0.39, 0.29) is 24.5 Å². The fourth-order valence-electron chi connectivity index (χ4n) is 3.07. The van der Waals surface area contributed by atoms with Gasteiger partial charge in [0.1, 0.15) is 30.1 Å². The van der Waals surface area contributed by atoms with Gasteiger partial charge in [-0.1, -0.05) is 12.1 Å². The predicted octanol–water partition coefficient (Wildman–Crippen LogP) is 3.48. The van der Waals surface area contributed by atoms with Crippen LogP contribution in [0, 0.1) is 11.6 Å². The summed E-state index contributed by atoms with van der Waals surface area (Å²) in [6.45, 7) is 2.92. The lowest BCUT2D eigenvalue weighted by Crippen LogP contribution is -2.31. The van der Waals surface area contributed by atoms with E-state index in [0.29, 0.717) is 23.0 Å². The topological polar surface area (TPSA) is 126 Å². The van der Waals surface area contributed by atoms with Crippen LogP contribution in [0.5, 0.6) is 5.75 Å². The van der Waals surface area contributed by atoms with E-state index >= 15 is 0 Å². The Morgan fingerprint density at radius 1 is 1.09 bits per heavy atom. The van der Waals surface area contributed by atoms with Crippen LogP contribution < -0.4 is 15.5 Å². The van der Waals surface area contributed by atoms with Gasteiger partial charge < -0.3 is 19.3 Å². The van der Waals surface area contributed by atoms with Crippen molar-refractivity contribution in [2.45, 2.75) is 26.1 Å². The molecule has 4 N–H and O–H groups in total.